The highest BCUT2D eigenvalue weighted by molar-refractivity contribution is 6.53. The van der Waals surface area contributed by atoms with Crippen LogP contribution >= 0.6 is 58.0 Å². The SMILES string of the molecule is C/C=C(NC(=O)c1cc(NC(=O)C2C(c3cc(Cl)cc(Cl)c3)C2(Cl)Cl)ccc1Cl)\C(F)=C/CF.C=C(C)CC. The molecule has 39 heavy (non-hydrogen) atoms. The maximum absolute atomic E-state index is 13.9. The molecule has 4 nitrogen and oxygen atoms in total. The quantitative estimate of drug-likeness (QED) is 0.172. The Kier molecular flexibility index (Phi) is 12.3. The van der Waals surface area contributed by atoms with Crippen LogP contribution in [0.2, 0.25) is 15.1 Å². The number of halogens is 7. The molecule has 0 bridgehead atoms. The summed E-state index contributed by atoms with van der Waals surface area (Å²) in [6.07, 6.45) is 3.06. The van der Waals surface area contributed by atoms with E-state index in [1.54, 1.807) is 18.2 Å². The van der Waals surface area contributed by atoms with Gasteiger partial charge in [0, 0.05) is 21.7 Å². The second-order valence-electron chi connectivity index (χ2n) is 8.69. The lowest BCUT2D eigenvalue weighted by molar-refractivity contribution is -0.117. The molecule has 210 valence electrons. The average molecular weight is 639 g/mol. The maximum Gasteiger partial charge on any atom is 0.257 e. The number of hydrogen-bond acceptors (Lipinski definition) is 2. The van der Waals surface area contributed by atoms with E-state index < -0.39 is 40.5 Å². The maximum atomic E-state index is 13.9. The Balaban J connectivity index is 0.000000976. The second-order valence-corrected chi connectivity index (χ2v) is 11.4. The predicted octanol–water partition coefficient (Wildman–Crippen LogP) is 9.60. The molecule has 2 amide bonds. The number of hydrogen-bond donors (Lipinski definition) is 2. The van der Waals surface area contributed by atoms with E-state index in [1.807, 2.05) is 6.92 Å². The summed E-state index contributed by atoms with van der Waals surface area (Å²) in [6, 6.07) is 9.00. The van der Waals surface area contributed by atoms with Crippen LogP contribution in [0.3, 0.4) is 0 Å². The Labute approximate surface area is 252 Å². The van der Waals surface area contributed by atoms with Crippen molar-refractivity contribution in [2.24, 2.45) is 5.92 Å². The van der Waals surface area contributed by atoms with Gasteiger partial charge in [-0.1, -0.05) is 53.4 Å². The zero-order chi connectivity index (χ0) is 29.5. The fourth-order valence-electron chi connectivity index (χ4n) is 3.46. The molecular formula is C28H27Cl5F2N2O2. The fourth-order valence-corrected chi connectivity index (χ4v) is 5.03. The lowest BCUT2D eigenvalue weighted by atomic mass is 10.1. The molecule has 0 radical (unpaired) electrons. The van der Waals surface area contributed by atoms with Crippen molar-refractivity contribution in [2.45, 2.75) is 37.4 Å². The molecule has 1 saturated carbocycles. The normalized spacial score (nSPS) is 18.0. The number of rotatable bonds is 8. The molecule has 1 fully saturated rings. The first-order valence-corrected chi connectivity index (χ1v) is 13.6. The van der Waals surface area contributed by atoms with Crippen molar-refractivity contribution in [1.29, 1.82) is 0 Å². The minimum absolute atomic E-state index is 0.0381. The zero-order valence-electron chi connectivity index (χ0n) is 21.4. The van der Waals surface area contributed by atoms with Crippen molar-refractivity contribution in [3.8, 4) is 0 Å². The van der Waals surface area contributed by atoms with Crippen LogP contribution in [0.1, 0.15) is 49.0 Å². The van der Waals surface area contributed by atoms with Gasteiger partial charge in [0.15, 0.2) is 0 Å². The Morgan fingerprint density at radius 2 is 1.69 bits per heavy atom. The van der Waals surface area contributed by atoms with Gasteiger partial charge in [0.05, 0.1) is 22.2 Å². The lowest BCUT2D eigenvalue weighted by Gasteiger charge is -2.11. The minimum Gasteiger partial charge on any atom is -0.326 e. The van der Waals surface area contributed by atoms with Crippen LogP contribution in [-0.4, -0.2) is 22.8 Å². The molecular weight excluding hydrogens is 612 g/mol. The van der Waals surface area contributed by atoms with Gasteiger partial charge in [-0.05, 0) is 68.3 Å². The van der Waals surface area contributed by atoms with E-state index in [2.05, 4.69) is 24.1 Å². The summed E-state index contributed by atoms with van der Waals surface area (Å²) in [4.78, 5) is 25.5. The number of carbonyl (C=O) groups excluding carboxylic acids is 2. The molecule has 2 unspecified atom stereocenters. The Morgan fingerprint density at radius 1 is 1.10 bits per heavy atom. The van der Waals surface area contributed by atoms with Gasteiger partial charge in [0.25, 0.3) is 5.91 Å². The number of benzene rings is 2. The molecule has 2 aromatic carbocycles. The van der Waals surface area contributed by atoms with Gasteiger partial charge in [0.1, 0.15) is 16.8 Å². The Bertz CT molecular complexity index is 1290. The van der Waals surface area contributed by atoms with Crippen LogP contribution in [0.25, 0.3) is 0 Å². The summed E-state index contributed by atoms with van der Waals surface area (Å²) in [7, 11) is 0. The lowest BCUT2D eigenvalue weighted by Crippen LogP contribution is -2.24. The van der Waals surface area contributed by atoms with Crippen molar-refractivity contribution in [3.05, 3.63) is 98.4 Å². The first-order valence-electron chi connectivity index (χ1n) is 11.7. The van der Waals surface area contributed by atoms with E-state index in [0.717, 1.165) is 6.42 Å². The summed E-state index contributed by atoms with van der Waals surface area (Å²) >= 11 is 30.9. The van der Waals surface area contributed by atoms with Crippen LogP contribution in [0.15, 0.2) is 72.2 Å². The third-order valence-electron chi connectivity index (χ3n) is 5.71. The zero-order valence-corrected chi connectivity index (χ0v) is 25.1. The van der Waals surface area contributed by atoms with Crippen molar-refractivity contribution in [2.75, 3.05) is 12.0 Å². The highest BCUT2D eigenvalue weighted by Crippen LogP contribution is 2.65. The van der Waals surface area contributed by atoms with Crippen LogP contribution in [0.4, 0.5) is 14.5 Å². The van der Waals surface area contributed by atoms with Gasteiger partial charge >= 0.3 is 0 Å². The molecule has 2 N–H and O–H groups in total. The van der Waals surface area contributed by atoms with Crippen LogP contribution in [0.5, 0.6) is 0 Å². The first-order chi connectivity index (χ1) is 18.3. The molecule has 0 heterocycles. The summed E-state index contributed by atoms with van der Waals surface area (Å²) in [5.41, 5.74) is 1.85. The minimum atomic E-state index is -1.38. The number of nitrogens with one attached hydrogen (secondary N) is 2. The van der Waals surface area contributed by atoms with E-state index in [1.165, 1.54) is 36.8 Å². The van der Waals surface area contributed by atoms with Gasteiger partial charge < -0.3 is 10.6 Å². The van der Waals surface area contributed by atoms with Gasteiger partial charge in [-0.2, -0.15) is 0 Å². The van der Waals surface area contributed by atoms with Gasteiger partial charge in [-0.3, -0.25) is 9.59 Å². The van der Waals surface area contributed by atoms with Crippen LogP contribution < -0.4 is 10.6 Å². The van der Waals surface area contributed by atoms with Crippen molar-refractivity contribution >= 4 is 75.5 Å². The van der Waals surface area contributed by atoms with Crippen molar-refractivity contribution in [1.82, 2.24) is 5.32 Å². The van der Waals surface area contributed by atoms with E-state index >= 15 is 0 Å². The monoisotopic (exact) mass is 636 g/mol. The molecule has 2 aromatic rings. The van der Waals surface area contributed by atoms with Gasteiger partial charge in [-0.15, -0.1) is 29.8 Å². The number of amides is 2. The van der Waals surface area contributed by atoms with Crippen LogP contribution in [0, 0.1) is 5.92 Å². The molecule has 0 aliphatic heterocycles. The molecule has 1 aliphatic rings. The fraction of sp³-hybridized carbons (Fsp3) is 0.286. The number of anilines is 1. The molecule has 0 aromatic heterocycles. The summed E-state index contributed by atoms with van der Waals surface area (Å²) in [5.74, 6) is -3.54. The van der Waals surface area contributed by atoms with E-state index in [-0.39, 0.29) is 22.0 Å². The van der Waals surface area contributed by atoms with Crippen molar-refractivity contribution < 1.29 is 18.4 Å². The predicted molar refractivity (Wildman–Crippen MR) is 159 cm³/mol. The summed E-state index contributed by atoms with van der Waals surface area (Å²) < 4.78 is 24.9. The third-order valence-corrected chi connectivity index (χ3v) is 7.42. The Morgan fingerprint density at radius 3 is 2.21 bits per heavy atom. The molecule has 3 rings (SSSR count). The smallest absolute Gasteiger partial charge is 0.257 e. The molecule has 2 atom stereocenters. The third kappa shape index (κ3) is 8.95. The van der Waals surface area contributed by atoms with Crippen LogP contribution in [-0.2, 0) is 4.79 Å². The Hall–Kier alpha value is -2.09. The number of carbonyl (C=O) groups is 2. The second kappa shape index (κ2) is 14.5. The number of allylic oxidation sites excluding steroid dienone is 4. The molecule has 1 aliphatic carbocycles. The molecule has 0 saturated heterocycles. The topological polar surface area (TPSA) is 58.2 Å². The highest BCUT2D eigenvalue weighted by atomic mass is 35.5. The van der Waals surface area contributed by atoms with Gasteiger partial charge in [-0.25, -0.2) is 8.78 Å². The van der Waals surface area contributed by atoms with Crippen molar-refractivity contribution in [3.63, 3.8) is 0 Å². The molecule has 11 heteroatoms. The standard InChI is InChI=1S/C23H17Cl5F2N2O2.C5H10/c1-2-18(17(30)5-6-29)32-21(33)15-10-14(3-4-16(15)26)31-22(34)20-19(23(20,27)28)11-7-12(24)9-13(25)8-11;1-4-5(2)3/h2-5,7-10,19-20H,6H2,1H3,(H,31,34)(H,32,33);2,4H2,1,3H3/b17-5+,18-2+;. The van der Waals surface area contributed by atoms with E-state index in [9.17, 15) is 18.4 Å². The average Bonchev–Trinajstić information content (AvgIpc) is 3.45. The number of alkyl halides is 3. The summed E-state index contributed by atoms with van der Waals surface area (Å²) in [6.45, 7) is 8.24. The largest absolute Gasteiger partial charge is 0.326 e. The highest BCUT2D eigenvalue weighted by Gasteiger charge is 2.67. The van der Waals surface area contributed by atoms with Gasteiger partial charge in [0.2, 0.25) is 5.91 Å². The van der Waals surface area contributed by atoms with E-state index in [4.69, 9.17) is 58.0 Å². The molecule has 0 spiro atoms. The first kappa shape index (κ1) is 33.1. The summed E-state index contributed by atoms with van der Waals surface area (Å²) in [5, 5.41) is 5.80. The van der Waals surface area contributed by atoms with E-state index in [0.29, 0.717) is 21.7 Å².